The van der Waals surface area contributed by atoms with Gasteiger partial charge >= 0.3 is 6.03 Å². The van der Waals surface area contributed by atoms with Gasteiger partial charge in [0.1, 0.15) is 6.04 Å². The first-order chi connectivity index (χ1) is 12.6. The van der Waals surface area contributed by atoms with E-state index >= 15 is 0 Å². The lowest BCUT2D eigenvalue weighted by Crippen LogP contribution is -2.46. The van der Waals surface area contributed by atoms with Crippen molar-refractivity contribution >= 4 is 29.3 Å². The van der Waals surface area contributed by atoms with Crippen molar-refractivity contribution in [1.29, 1.82) is 0 Å². The van der Waals surface area contributed by atoms with Gasteiger partial charge in [0.15, 0.2) is 0 Å². The largest absolute Gasteiger partial charge is 0.468 e. The van der Waals surface area contributed by atoms with Crippen LogP contribution in [0.2, 0.25) is 0 Å². The highest BCUT2D eigenvalue weighted by molar-refractivity contribution is 6.04. The lowest BCUT2D eigenvalue weighted by molar-refractivity contribution is -0.119. The summed E-state index contributed by atoms with van der Waals surface area (Å²) in [6, 6.07) is 7.28. The number of carbonyl (C=O) groups is 2. The Bertz CT molecular complexity index is 748. The quantitative estimate of drug-likeness (QED) is 0.879. The summed E-state index contributed by atoms with van der Waals surface area (Å²) in [4.78, 5) is 34.5. The zero-order valence-electron chi connectivity index (χ0n) is 14.8. The van der Waals surface area contributed by atoms with E-state index in [0.29, 0.717) is 18.3 Å². The van der Waals surface area contributed by atoms with Crippen molar-refractivity contribution in [3.8, 4) is 0 Å². The van der Waals surface area contributed by atoms with Crippen molar-refractivity contribution in [3.63, 3.8) is 0 Å². The summed E-state index contributed by atoms with van der Waals surface area (Å²) >= 11 is 0. The number of carbonyl (C=O) groups excluding carboxylic acids is 2. The minimum Gasteiger partial charge on any atom is -0.468 e. The topological polar surface area (TPSA) is 91.5 Å². The van der Waals surface area contributed by atoms with Crippen LogP contribution >= 0.6 is 0 Å². The second kappa shape index (κ2) is 6.51. The molecule has 0 aliphatic carbocycles. The van der Waals surface area contributed by atoms with Crippen LogP contribution < -0.4 is 15.5 Å². The number of hydrogen-bond acceptors (Lipinski definition) is 5. The molecule has 2 fully saturated rings. The molecule has 2 N–H and O–H groups in total. The third-order valence-corrected chi connectivity index (χ3v) is 5.33. The number of anilines is 2. The van der Waals surface area contributed by atoms with E-state index in [-0.39, 0.29) is 12.1 Å². The number of rotatable bonds is 3. The summed E-state index contributed by atoms with van der Waals surface area (Å²) in [6.07, 6.45) is 2.69. The van der Waals surface area contributed by atoms with E-state index in [9.17, 15) is 9.59 Å². The standard InChI is InChI=1S/C18H23N5O3/c1-26-17-20-9-3-11-21(17)12-5-7-13(8-6-12)23-15(16(19)24)14-4-2-10-22(14)18(23)25/h5-8,14-15H,2-4,9-11H2,1H3,(H2,19,24)/t14-,15?/m1/s1. The second-order valence-electron chi connectivity index (χ2n) is 6.79. The zero-order chi connectivity index (χ0) is 18.3. The molecule has 1 aromatic rings. The highest BCUT2D eigenvalue weighted by Crippen LogP contribution is 2.35. The first kappa shape index (κ1) is 16.7. The summed E-state index contributed by atoms with van der Waals surface area (Å²) in [7, 11) is 1.61. The van der Waals surface area contributed by atoms with Crippen molar-refractivity contribution < 1.29 is 14.3 Å². The average Bonchev–Trinajstić information content (AvgIpc) is 3.24. The Balaban J connectivity index is 1.62. The molecule has 3 amide bonds. The Morgan fingerprint density at radius 3 is 2.62 bits per heavy atom. The Labute approximate surface area is 152 Å². The Kier molecular flexibility index (Phi) is 4.18. The lowest BCUT2D eigenvalue weighted by atomic mass is 10.1. The number of primary amides is 1. The van der Waals surface area contributed by atoms with Gasteiger partial charge in [0.25, 0.3) is 6.02 Å². The van der Waals surface area contributed by atoms with Gasteiger partial charge in [-0.3, -0.25) is 14.6 Å². The van der Waals surface area contributed by atoms with Gasteiger partial charge in [0, 0.05) is 31.0 Å². The summed E-state index contributed by atoms with van der Waals surface area (Å²) in [5, 5.41) is 0. The normalized spacial score (nSPS) is 25.3. The van der Waals surface area contributed by atoms with E-state index in [0.717, 1.165) is 38.0 Å². The van der Waals surface area contributed by atoms with E-state index in [1.807, 2.05) is 29.2 Å². The van der Waals surface area contributed by atoms with Crippen molar-refractivity contribution in [1.82, 2.24) is 4.90 Å². The molecule has 0 spiro atoms. The fourth-order valence-corrected chi connectivity index (χ4v) is 4.17. The molecule has 3 aliphatic rings. The number of urea groups is 1. The third-order valence-electron chi connectivity index (χ3n) is 5.33. The molecular weight excluding hydrogens is 334 g/mol. The van der Waals surface area contributed by atoms with Crippen molar-refractivity contribution in [2.24, 2.45) is 10.7 Å². The van der Waals surface area contributed by atoms with Gasteiger partial charge in [-0.05, 0) is 43.5 Å². The fraction of sp³-hybridized carbons (Fsp3) is 0.500. The van der Waals surface area contributed by atoms with Gasteiger partial charge < -0.3 is 15.4 Å². The Hall–Kier alpha value is -2.77. The molecule has 26 heavy (non-hydrogen) atoms. The summed E-state index contributed by atoms with van der Waals surface area (Å²) in [5.41, 5.74) is 7.25. The summed E-state index contributed by atoms with van der Waals surface area (Å²) in [5.74, 6) is -0.457. The highest BCUT2D eigenvalue weighted by Gasteiger charge is 2.51. The third kappa shape index (κ3) is 2.56. The number of hydrogen-bond donors (Lipinski definition) is 1. The van der Waals surface area contributed by atoms with Crippen LogP contribution in [0.25, 0.3) is 0 Å². The van der Waals surface area contributed by atoms with Crippen LogP contribution in [0.3, 0.4) is 0 Å². The predicted molar refractivity (Wildman–Crippen MR) is 98.3 cm³/mol. The van der Waals surface area contributed by atoms with Crippen LogP contribution in [0.5, 0.6) is 0 Å². The second-order valence-corrected chi connectivity index (χ2v) is 6.79. The molecular formula is C18H23N5O3. The lowest BCUT2D eigenvalue weighted by Gasteiger charge is -2.28. The van der Waals surface area contributed by atoms with E-state index in [1.165, 1.54) is 4.90 Å². The highest BCUT2D eigenvalue weighted by atomic mass is 16.5. The van der Waals surface area contributed by atoms with E-state index < -0.39 is 11.9 Å². The van der Waals surface area contributed by atoms with Crippen molar-refractivity contribution in [2.75, 3.05) is 36.5 Å². The molecule has 8 heteroatoms. The molecule has 3 aliphatic heterocycles. The number of fused-ring (bicyclic) bond motifs is 1. The minimum atomic E-state index is -0.609. The van der Waals surface area contributed by atoms with Crippen LogP contribution in [-0.2, 0) is 9.53 Å². The first-order valence-electron chi connectivity index (χ1n) is 8.97. The molecule has 8 nitrogen and oxygen atoms in total. The smallest absolute Gasteiger partial charge is 0.325 e. The number of nitrogens with zero attached hydrogens (tertiary/aromatic N) is 4. The molecule has 138 valence electrons. The fourth-order valence-electron chi connectivity index (χ4n) is 4.17. The van der Waals surface area contributed by atoms with Gasteiger partial charge in [-0.1, -0.05) is 0 Å². The van der Waals surface area contributed by atoms with Gasteiger partial charge in [-0.15, -0.1) is 0 Å². The van der Waals surface area contributed by atoms with E-state index in [2.05, 4.69) is 4.99 Å². The number of amidine groups is 1. The maximum Gasteiger partial charge on any atom is 0.325 e. The monoisotopic (exact) mass is 357 g/mol. The van der Waals surface area contributed by atoms with Gasteiger partial charge in [0.05, 0.1) is 13.2 Å². The number of benzene rings is 1. The molecule has 2 saturated heterocycles. The Morgan fingerprint density at radius 1 is 1.19 bits per heavy atom. The maximum atomic E-state index is 12.8. The zero-order valence-corrected chi connectivity index (χ0v) is 14.8. The van der Waals surface area contributed by atoms with E-state index in [4.69, 9.17) is 10.5 Å². The number of methoxy groups -OCH3 is 1. The molecule has 1 unspecified atom stereocenters. The van der Waals surface area contributed by atoms with Gasteiger partial charge in [-0.2, -0.15) is 0 Å². The molecule has 2 atom stereocenters. The summed E-state index contributed by atoms with van der Waals surface area (Å²) < 4.78 is 5.35. The van der Waals surface area contributed by atoms with Gasteiger partial charge in [-0.25, -0.2) is 9.79 Å². The van der Waals surface area contributed by atoms with E-state index in [1.54, 1.807) is 12.0 Å². The van der Waals surface area contributed by atoms with Crippen molar-refractivity contribution in [3.05, 3.63) is 24.3 Å². The van der Waals surface area contributed by atoms with Crippen LogP contribution in [0.15, 0.2) is 29.3 Å². The van der Waals surface area contributed by atoms with Crippen LogP contribution in [0, 0.1) is 0 Å². The molecule has 0 saturated carbocycles. The SMILES string of the molecule is COC1=NCCCN1c1ccc(N2C(=O)N3CCC[C@@H]3C2C(N)=O)cc1. The molecule has 4 rings (SSSR count). The molecule has 0 aromatic heterocycles. The van der Waals surface area contributed by atoms with Gasteiger partial charge in [0.2, 0.25) is 5.91 Å². The molecule has 0 radical (unpaired) electrons. The number of amides is 3. The maximum absolute atomic E-state index is 12.8. The molecule has 1 aromatic carbocycles. The first-order valence-corrected chi connectivity index (χ1v) is 8.97. The number of nitrogens with two attached hydrogens (primary N) is 1. The summed E-state index contributed by atoms with van der Waals surface area (Å²) in [6.45, 7) is 2.27. The molecule has 0 bridgehead atoms. The minimum absolute atomic E-state index is 0.117. The molecule has 3 heterocycles. The number of aliphatic imine (C=N–C) groups is 1. The van der Waals surface area contributed by atoms with Crippen molar-refractivity contribution in [2.45, 2.75) is 31.3 Å². The average molecular weight is 357 g/mol. The van der Waals surface area contributed by atoms with Crippen LogP contribution in [0.1, 0.15) is 19.3 Å². The number of ether oxygens (including phenoxy) is 1. The van der Waals surface area contributed by atoms with Crippen LogP contribution in [-0.4, -0.2) is 61.7 Å². The Morgan fingerprint density at radius 2 is 1.92 bits per heavy atom. The van der Waals surface area contributed by atoms with Crippen LogP contribution in [0.4, 0.5) is 16.2 Å². The predicted octanol–water partition coefficient (Wildman–Crippen LogP) is 1.16.